The molecule has 0 spiro atoms. The van der Waals surface area contributed by atoms with E-state index in [0.717, 1.165) is 0 Å². The van der Waals surface area contributed by atoms with Crippen molar-refractivity contribution in [2.24, 2.45) is 10.4 Å². The van der Waals surface area contributed by atoms with E-state index in [1.165, 1.54) is 0 Å². The fraction of sp³-hybridized carbons (Fsp3) is 0.462. The highest BCUT2D eigenvalue weighted by Gasteiger charge is 2.31. The number of phenols is 1. The van der Waals surface area contributed by atoms with E-state index in [1.54, 1.807) is 12.1 Å². The smallest absolute Gasteiger partial charge is 0.220 e. The van der Waals surface area contributed by atoms with Crippen LogP contribution in [0.15, 0.2) is 29.3 Å². The maximum atomic E-state index is 9.70. The third kappa shape index (κ3) is 2.03. The molecule has 1 aliphatic rings. The summed E-state index contributed by atoms with van der Waals surface area (Å²) in [5.74, 6) is 0.772. The van der Waals surface area contributed by atoms with Gasteiger partial charge in [-0.2, -0.15) is 0 Å². The number of hydrogen-bond donors (Lipinski definition) is 1. The molecule has 0 fully saturated rings. The number of para-hydroxylation sites is 1. The van der Waals surface area contributed by atoms with Crippen molar-refractivity contribution in [3.8, 4) is 5.75 Å². The fourth-order valence-corrected chi connectivity index (χ4v) is 1.62. The molecule has 1 aromatic rings. The summed E-state index contributed by atoms with van der Waals surface area (Å²) in [7, 11) is 0. The first-order valence-corrected chi connectivity index (χ1v) is 5.47. The van der Waals surface area contributed by atoms with Crippen LogP contribution in [-0.4, -0.2) is 23.7 Å². The monoisotopic (exact) mass is 219 g/mol. The molecule has 0 bridgehead atoms. The average Bonchev–Trinajstić information content (AvgIpc) is 2.66. The summed E-state index contributed by atoms with van der Waals surface area (Å²) in [4.78, 5) is 4.52. The van der Waals surface area contributed by atoms with E-state index >= 15 is 0 Å². The van der Waals surface area contributed by atoms with E-state index in [0.29, 0.717) is 18.1 Å². The predicted molar refractivity (Wildman–Crippen MR) is 63.8 cm³/mol. The zero-order valence-corrected chi connectivity index (χ0v) is 9.90. The number of ether oxygens (including phenoxy) is 1. The van der Waals surface area contributed by atoms with Crippen molar-refractivity contribution in [3.63, 3.8) is 0 Å². The van der Waals surface area contributed by atoms with Crippen LogP contribution in [0.5, 0.6) is 5.75 Å². The summed E-state index contributed by atoms with van der Waals surface area (Å²) < 4.78 is 5.55. The number of aliphatic imine (C=N–C) groups is 1. The Morgan fingerprint density at radius 3 is 2.56 bits per heavy atom. The van der Waals surface area contributed by atoms with E-state index in [2.05, 4.69) is 25.8 Å². The highest BCUT2D eigenvalue weighted by Crippen LogP contribution is 2.29. The van der Waals surface area contributed by atoms with Crippen LogP contribution in [0.25, 0.3) is 0 Å². The molecule has 0 saturated heterocycles. The first-order chi connectivity index (χ1) is 7.48. The topological polar surface area (TPSA) is 41.8 Å². The molecule has 3 nitrogen and oxygen atoms in total. The lowest BCUT2D eigenvalue weighted by molar-refractivity contribution is 0.235. The molecule has 1 N–H and O–H groups in total. The number of nitrogens with zero attached hydrogens (tertiary/aromatic N) is 1. The molecule has 0 saturated carbocycles. The second-order valence-corrected chi connectivity index (χ2v) is 5.14. The zero-order chi connectivity index (χ0) is 11.8. The Morgan fingerprint density at radius 2 is 2.00 bits per heavy atom. The van der Waals surface area contributed by atoms with Crippen LogP contribution in [-0.2, 0) is 4.74 Å². The number of benzene rings is 1. The van der Waals surface area contributed by atoms with Gasteiger partial charge in [0.15, 0.2) is 0 Å². The van der Waals surface area contributed by atoms with E-state index in [1.807, 2.05) is 12.1 Å². The van der Waals surface area contributed by atoms with Crippen LogP contribution in [0, 0.1) is 5.41 Å². The normalized spacial score (nSPS) is 20.4. The minimum absolute atomic E-state index is 0.0894. The van der Waals surface area contributed by atoms with Gasteiger partial charge < -0.3 is 9.84 Å². The van der Waals surface area contributed by atoms with Crippen molar-refractivity contribution >= 4 is 5.90 Å². The molecule has 16 heavy (non-hydrogen) atoms. The Bertz CT molecular complexity index is 418. The van der Waals surface area contributed by atoms with Crippen LogP contribution in [0.3, 0.4) is 0 Å². The van der Waals surface area contributed by atoms with Crippen LogP contribution >= 0.6 is 0 Å². The molecule has 1 atom stereocenters. The molecule has 2 rings (SSSR count). The van der Waals surface area contributed by atoms with Crippen molar-refractivity contribution in [1.82, 2.24) is 0 Å². The summed E-state index contributed by atoms with van der Waals surface area (Å²) in [6.07, 6.45) is 0. The Hall–Kier alpha value is -1.51. The Labute approximate surface area is 95.8 Å². The third-order valence-corrected chi connectivity index (χ3v) is 2.79. The molecule has 0 aliphatic carbocycles. The number of aromatic hydroxyl groups is 1. The molecular weight excluding hydrogens is 202 g/mol. The minimum atomic E-state index is 0.0894. The van der Waals surface area contributed by atoms with Gasteiger partial charge in [0.25, 0.3) is 0 Å². The predicted octanol–water partition coefficient (Wildman–Crippen LogP) is 2.58. The van der Waals surface area contributed by atoms with Crippen molar-refractivity contribution in [2.45, 2.75) is 26.8 Å². The summed E-state index contributed by atoms with van der Waals surface area (Å²) in [5, 5.41) is 9.70. The Balaban J connectivity index is 2.28. The van der Waals surface area contributed by atoms with Crippen molar-refractivity contribution in [1.29, 1.82) is 0 Å². The van der Waals surface area contributed by atoms with E-state index in [-0.39, 0.29) is 17.2 Å². The lowest BCUT2D eigenvalue weighted by Gasteiger charge is -2.21. The van der Waals surface area contributed by atoms with Crippen molar-refractivity contribution < 1.29 is 9.84 Å². The first kappa shape index (κ1) is 11.0. The number of hydrogen-bond acceptors (Lipinski definition) is 3. The fourth-order valence-electron chi connectivity index (χ4n) is 1.62. The Kier molecular flexibility index (Phi) is 2.62. The molecule has 1 aromatic carbocycles. The molecule has 0 amide bonds. The quantitative estimate of drug-likeness (QED) is 0.788. The van der Waals surface area contributed by atoms with Gasteiger partial charge >= 0.3 is 0 Å². The SMILES string of the molecule is CC(C)(C)[C@H]1COC(c2ccccc2O)=N1. The average molecular weight is 219 g/mol. The molecule has 0 unspecified atom stereocenters. The summed E-state index contributed by atoms with van der Waals surface area (Å²) in [6.45, 7) is 7.00. The van der Waals surface area contributed by atoms with Gasteiger partial charge in [-0.1, -0.05) is 32.9 Å². The van der Waals surface area contributed by atoms with Gasteiger partial charge in [0.1, 0.15) is 12.4 Å². The third-order valence-electron chi connectivity index (χ3n) is 2.79. The van der Waals surface area contributed by atoms with Gasteiger partial charge in [0.2, 0.25) is 5.90 Å². The molecule has 3 heteroatoms. The molecule has 86 valence electrons. The highest BCUT2D eigenvalue weighted by atomic mass is 16.5. The second kappa shape index (κ2) is 3.81. The summed E-state index contributed by atoms with van der Waals surface area (Å²) in [5.41, 5.74) is 0.765. The standard InChI is InChI=1S/C13H17NO2/c1-13(2,3)11-8-16-12(14-11)9-6-4-5-7-10(9)15/h4-7,11,15H,8H2,1-3H3/t11-/m1/s1. The minimum Gasteiger partial charge on any atom is -0.507 e. The molecule has 0 aromatic heterocycles. The Morgan fingerprint density at radius 1 is 1.31 bits per heavy atom. The second-order valence-electron chi connectivity index (χ2n) is 5.14. The van der Waals surface area contributed by atoms with Gasteiger partial charge in [-0.15, -0.1) is 0 Å². The largest absolute Gasteiger partial charge is 0.507 e. The van der Waals surface area contributed by atoms with Crippen molar-refractivity contribution in [2.75, 3.05) is 6.61 Å². The van der Waals surface area contributed by atoms with Crippen molar-refractivity contribution in [3.05, 3.63) is 29.8 Å². The number of rotatable bonds is 1. The lowest BCUT2D eigenvalue weighted by Crippen LogP contribution is -2.25. The number of phenolic OH excluding ortho intramolecular Hbond substituents is 1. The van der Waals surface area contributed by atoms with Crippen LogP contribution in [0.1, 0.15) is 26.3 Å². The van der Waals surface area contributed by atoms with Gasteiger partial charge in [0, 0.05) is 0 Å². The van der Waals surface area contributed by atoms with Crippen LogP contribution in [0.4, 0.5) is 0 Å². The molecule has 1 heterocycles. The van der Waals surface area contributed by atoms with Crippen LogP contribution < -0.4 is 0 Å². The van der Waals surface area contributed by atoms with E-state index in [4.69, 9.17) is 4.74 Å². The van der Waals surface area contributed by atoms with E-state index in [9.17, 15) is 5.11 Å². The molecule has 0 radical (unpaired) electrons. The summed E-state index contributed by atoms with van der Waals surface area (Å²) >= 11 is 0. The maximum absolute atomic E-state index is 9.70. The zero-order valence-electron chi connectivity index (χ0n) is 9.90. The highest BCUT2D eigenvalue weighted by molar-refractivity contribution is 5.97. The van der Waals surface area contributed by atoms with Gasteiger partial charge in [0.05, 0.1) is 11.6 Å². The van der Waals surface area contributed by atoms with Gasteiger partial charge in [-0.25, -0.2) is 4.99 Å². The summed E-state index contributed by atoms with van der Waals surface area (Å²) in [6, 6.07) is 7.27. The van der Waals surface area contributed by atoms with Crippen LogP contribution in [0.2, 0.25) is 0 Å². The molecule has 1 aliphatic heterocycles. The van der Waals surface area contributed by atoms with Gasteiger partial charge in [-0.05, 0) is 17.5 Å². The molecular formula is C13H17NO2. The maximum Gasteiger partial charge on any atom is 0.220 e. The van der Waals surface area contributed by atoms with E-state index < -0.39 is 0 Å². The first-order valence-electron chi connectivity index (χ1n) is 5.47. The van der Waals surface area contributed by atoms with Gasteiger partial charge in [-0.3, -0.25) is 0 Å². The lowest BCUT2D eigenvalue weighted by atomic mass is 9.88.